The van der Waals surface area contributed by atoms with Crippen LogP contribution in [0.3, 0.4) is 0 Å². The first-order chi connectivity index (χ1) is 12.8. The molecule has 0 saturated heterocycles. The number of aliphatic hydroxyl groups is 1. The molecule has 0 unspecified atom stereocenters. The fourth-order valence-corrected chi connectivity index (χ4v) is 8.50. The number of rotatable bonds is 2. The van der Waals surface area contributed by atoms with Crippen molar-refractivity contribution in [1.82, 2.24) is 0 Å². The summed E-state index contributed by atoms with van der Waals surface area (Å²) in [6.07, 6.45) is 14.0. The van der Waals surface area contributed by atoms with Crippen molar-refractivity contribution in [2.24, 2.45) is 35.0 Å². The van der Waals surface area contributed by atoms with Crippen LogP contribution in [0, 0.1) is 35.0 Å². The van der Waals surface area contributed by atoms with Crippen molar-refractivity contribution in [3.8, 4) is 0 Å². The molecule has 4 aliphatic rings. The number of hydrogen-bond donors (Lipinski definition) is 1. The second-order valence-corrected chi connectivity index (χ2v) is 17.6. The normalized spacial score (nSPS) is 48.7. The molecule has 28 heavy (non-hydrogen) atoms. The first kappa shape index (κ1) is 21.1. The van der Waals surface area contributed by atoms with E-state index < -0.39 is 13.9 Å². The lowest BCUT2D eigenvalue weighted by atomic mass is 9.49. The topological polar surface area (TPSA) is 29.5 Å². The minimum Gasteiger partial charge on any atom is -0.410 e. The Bertz CT molecular complexity index is 631. The zero-order valence-electron chi connectivity index (χ0n) is 19.4. The minimum absolute atomic E-state index is 0.267. The molecule has 4 aliphatic carbocycles. The van der Waals surface area contributed by atoms with Gasteiger partial charge in [-0.2, -0.15) is 0 Å². The molecule has 0 bridgehead atoms. The van der Waals surface area contributed by atoms with E-state index in [-0.39, 0.29) is 5.04 Å². The third-order valence-electron chi connectivity index (χ3n) is 9.90. The van der Waals surface area contributed by atoms with E-state index in [1.807, 2.05) is 0 Å². The lowest BCUT2D eigenvalue weighted by Gasteiger charge is -2.57. The Balaban J connectivity index is 1.51. The van der Waals surface area contributed by atoms with E-state index in [9.17, 15) is 5.11 Å². The summed E-state index contributed by atoms with van der Waals surface area (Å²) in [5.74, 6) is 4.04. The molecule has 0 heterocycles. The zero-order chi connectivity index (χ0) is 20.5. The number of fused-ring (bicyclic) bond motifs is 5. The molecule has 0 radical (unpaired) electrons. The van der Waals surface area contributed by atoms with Crippen LogP contribution in [-0.4, -0.2) is 25.1 Å². The average Bonchev–Trinajstić information content (AvgIpc) is 2.88. The molecular weight excluding hydrogens is 360 g/mol. The van der Waals surface area contributed by atoms with E-state index in [1.54, 1.807) is 0 Å². The summed E-state index contributed by atoms with van der Waals surface area (Å²) in [5.41, 5.74) is -0.115. The molecule has 0 aliphatic heterocycles. The predicted octanol–water partition coefficient (Wildman–Crippen LogP) is 6.56. The third-order valence-corrected chi connectivity index (χ3v) is 14.4. The Morgan fingerprint density at radius 2 is 1.61 bits per heavy atom. The van der Waals surface area contributed by atoms with Crippen molar-refractivity contribution >= 4 is 8.32 Å². The quantitative estimate of drug-likeness (QED) is 0.417. The molecule has 3 fully saturated rings. The Morgan fingerprint density at radius 3 is 2.29 bits per heavy atom. The van der Waals surface area contributed by atoms with Gasteiger partial charge in [-0.1, -0.05) is 39.8 Å². The van der Waals surface area contributed by atoms with Crippen molar-refractivity contribution in [3.05, 3.63) is 12.2 Å². The van der Waals surface area contributed by atoms with Gasteiger partial charge in [0.05, 0.1) is 11.7 Å². The van der Waals surface area contributed by atoms with Gasteiger partial charge in [0.15, 0.2) is 8.32 Å². The SMILES string of the molecule is CC(C)(C)[Si](C)(C)O[C@H]1C=C[C@H]2[C@@H]3CC[C@@H]4C[C@](C)(O)CC[C@@H]4[C@H]3CC[C@]12C. The molecule has 4 rings (SSSR count). The Kier molecular flexibility index (Phi) is 5.04. The molecular formula is C25H44O2Si. The standard InChI is InChI=1S/C25H44O2Si/c1-23(2,3)28(6,7)27-22-11-10-21-20-9-8-17-16-24(4,26)14-12-18(17)19(20)13-15-25(21,22)5/h10-11,17-22,26H,8-9,12-16H2,1-7H3/t17-,18+,19-,20-,21+,22+,24-,25+/m1/s1. The molecule has 0 amide bonds. The highest BCUT2D eigenvalue weighted by molar-refractivity contribution is 6.74. The highest BCUT2D eigenvalue weighted by Crippen LogP contribution is 2.62. The molecule has 8 atom stereocenters. The van der Waals surface area contributed by atoms with Gasteiger partial charge in [-0.3, -0.25) is 0 Å². The smallest absolute Gasteiger partial charge is 0.192 e. The summed E-state index contributed by atoms with van der Waals surface area (Å²) >= 11 is 0. The Morgan fingerprint density at radius 1 is 0.929 bits per heavy atom. The van der Waals surface area contributed by atoms with E-state index in [0.717, 1.165) is 36.5 Å². The van der Waals surface area contributed by atoms with Crippen molar-refractivity contribution in [2.45, 2.75) is 109 Å². The lowest BCUT2D eigenvalue weighted by molar-refractivity contribution is -0.101. The van der Waals surface area contributed by atoms with Gasteiger partial charge in [-0.05, 0) is 99.6 Å². The van der Waals surface area contributed by atoms with Crippen LogP contribution in [-0.2, 0) is 4.43 Å². The fraction of sp³-hybridized carbons (Fsp3) is 0.920. The minimum atomic E-state index is -1.76. The van der Waals surface area contributed by atoms with Gasteiger partial charge in [-0.15, -0.1) is 0 Å². The van der Waals surface area contributed by atoms with E-state index in [1.165, 1.54) is 32.1 Å². The van der Waals surface area contributed by atoms with Crippen LogP contribution in [0.4, 0.5) is 0 Å². The van der Waals surface area contributed by atoms with Gasteiger partial charge >= 0.3 is 0 Å². The Hall–Kier alpha value is -0.123. The predicted molar refractivity (Wildman–Crippen MR) is 120 cm³/mol. The lowest BCUT2D eigenvalue weighted by Crippen LogP contribution is -2.53. The second kappa shape index (κ2) is 6.69. The summed E-state index contributed by atoms with van der Waals surface area (Å²) in [6, 6.07) is 0. The molecule has 3 saturated carbocycles. The van der Waals surface area contributed by atoms with Crippen LogP contribution >= 0.6 is 0 Å². The van der Waals surface area contributed by atoms with Gasteiger partial charge in [0.2, 0.25) is 0 Å². The van der Waals surface area contributed by atoms with Gasteiger partial charge < -0.3 is 9.53 Å². The van der Waals surface area contributed by atoms with Crippen LogP contribution in [0.25, 0.3) is 0 Å². The summed E-state index contributed by atoms with van der Waals surface area (Å²) < 4.78 is 6.97. The maximum atomic E-state index is 10.6. The molecule has 0 aromatic rings. The van der Waals surface area contributed by atoms with Gasteiger partial charge in [0.1, 0.15) is 0 Å². The van der Waals surface area contributed by atoms with Crippen molar-refractivity contribution < 1.29 is 9.53 Å². The summed E-state index contributed by atoms with van der Waals surface area (Å²) in [6.45, 7) is 16.5. The second-order valence-electron chi connectivity index (χ2n) is 12.8. The van der Waals surface area contributed by atoms with E-state index in [0.29, 0.717) is 17.4 Å². The fourth-order valence-electron chi connectivity index (χ4n) is 7.16. The zero-order valence-corrected chi connectivity index (χ0v) is 20.4. The highest BCUT2D eigenvalue weighted by atomic mass is 28.4. The summed E-state index contributed by atoms with van der Waals surface area (Å²) in [5, 5.41) is 10.9. The van der Waals surface area contributed by atoms with Gasteiger partial charge in [-0.25, -0.2) is 0 Å². The van der Waals surface area contributed by atoms with Crippen molar-refractivity contribution in [1.29, 1.82) is 0 Å². The van der Waals surface area contributed by atoms with E-state index in [4.69, 9.17) is 4.43 Å². The molecule has 160 valence electrons. The maximum absolute atomic E-state index is 10.6. The highest BCUT2D eigenvalue weighted by Gasteiger charge is 2.57. The third kappa shape index (κ3) is 3.38. The molecule has 0 aromatic carbocycles. The first-order valence-corrected chi connectivity index (χ1v) is 14.8. The summed E-state index contributed by atoms with van der Waals surface area (Å²) in [7, 11) is -1.76. The maximum Gasteiger partial charge on any atom is 0.192 e. The monoisotopic (exact) mass is 404 g/mol. The van der Waals surface area contributed by atoms with Crippen molar-refractivity contribution in [3.63, 3.8) is 0 Å². The average molecular weight is 405 g/mol. The first-order valence-electron chi connectivity index (χ1n) is 11.9. The molecule has 3 heteroatoms. The van der Waals surface area contributed by atoms with Crippen LogP contribution in [0.15, 0.2) is 12.2 Å². The van der Waals surface area contributed by atoms with Gasteiger partial charge in [0.25, 0.3) is 0 Å². The summed E-state index contributed by atoms with van der Waals surface area (Å²) in [4.78, 5) is 0. The molecule has 0 spiro atoms. The molecule has 2 nitrogen and oxygen atoms in total. The van der Waals surface area contributed by atoms with E-state index in [2.05, 4.69) is 59.9 Å². The van der Waals surface area contributed by atoms with Crippen LogP contribution in [0.1, 0.15) is 79.6 Å². The number of allylic oxidation sites excluding steroid dienone is 1. The van der Waals surface area contributed by atoms with Crippen LogP contribution in [0.2, 0.25) is 18.1 Å². The van der Waals surface area contributed by atoms with Crippen LogP contribution in [0.5, 0.6) is 0 Å². The van der Waals surface area contributed by atoms with Gasteiger partial charge in [0, 0.05) is 5.41 Å². The van der Waals surface area contributed by atoms with Crippen molar-refractivity contribution in [2.75, 3.05) is 0 Å². The van der Waals surface area contributed by atoms with Crippen LogP contribution < -0.4 is 0 Å². The van der Waals surface area contributed by atoms with E-state index >= 15 is 0 Å². The number of hydrogen-bond acceptors (Lipinski definition) is 2. The largest absolute Gasteiger partial charge is 0.410 e. The molecule has 0 aromatic heterocycles. The molecule has 1 N–H and O–H groups in total. The Labute approximate surface area is 174 Å².